The van der Waals surface area contributed by atoms with Crippen molar-refractivity contribution in [2.45, 2.75) is 140 Å². The molecule has 2 heterocycles. The molecule has 430 valence electrons. The summed E-state index contributed by atoms with van der Waals surface area (Å²) in [6, 6.07) is 18.8. The highest BCUT2D eigenvalue weighted by atomic mass is 35.5. The number of anilines is 4. The topological polar surface area (TPSA) is 211 Å². The van der Waals surface area contributed by atoms with Crippen LogP contribution in [0.15, 0.2) is 72.8 Å². The first-order chi connectivity index (χ1) is 35.1. The van der Waals surface area contributed by atoms with E-state index in [1.807, 2.05) is 20.1 Å². The fraction of sp³-hybridized carbons (Fsp3) is 0.446. The molecule has 4 aromatic rings. The number of carbonyl (C=O) groups is 5. The van der Waals surface area contributed by atoms with Crippen LogP contribution < -0.4 is 41.8 Å². The van der Waals surface area contributed by atoms with E-state index in [4.69, 9.17) is 98.5 Å². The molecule has 22 heteroatoms. The van der Waals surface area contributed by atoms with Gasteiger partial charge in [-0.3, -0.25) is 44.4 Å². The Balaban J connectivity index is 0.000000502. The number of nitrogens with zero attached hydrogens (tertiary/aromatic N) is 2. The number of nitrogens with two attached hydrogens (primary N) is 1. The molecular formula is C56H76Cl8N8O6+2. The van der Waals surface area contributed by atoms with Crippen LogP contribution in [-0.4, -0.2) is 78.1 Å². The molecule has 0 aliphatic carbocycles. The van der Waals surface area contributed by atoms with Crippen LogP contribution in [-0.2, 0) is 24.0 Å². The van der Waals surface area contributed by atoms with Gasteiger partial charge in [0.1, 0.15) is 6.21 Å². The van der Waals surface area contributed by atoms with E-state index in [1.54, 1.807) is 110 Å². The summed E-state index contributed by atoms with van der Waals surface area (Å²) in [5, 5.41) is 16.0. The first-order valence-electron chi connectivity index (χ1n) is 24.4. The van der Waals surface area contributed by atoms with Gasteiger partial charge in [-0.05, 0) is 118 Å². The number of carbonyl (C=O) groups excluding carboxylic acids is 5. The van der Waals surface area contributed by atoms with Crippen LogP contribution in [0.4, 0.5) is 22.7 Å². The predicted octanol–water partition coefficient (Wildman–Crippen LogP) is 12.4. The summed E-state index contributed by atoms with van der Waals surface area (Å²) in [7, 11) is 0. The highest BCUT2D eigenvalue weighted by Gasteiger charge is 2.44. The first kappa shape index (κ1) is 72.1. The average Bonchev–Trinajstić information content (AvgIpc) is 3.75. The third kappa shape index (κ3) is 24.9. The van der Waals surface area contributed by atoms with Gasteiger partial charge in [-0.25, -0.2) is 4.99 Å². The Morgan fingerprint density at radius 3 is 1.09 bits per heavy atom. The number of benzene rings is 4. The molecule has 0 bridgehead atoms. The second-order valence-corrected chi connectivity index (χ2v) is 26.1. The molecule has 4 amide bonds. The zero-order valence-corrected chi connectivity index (χ0v) is 52.8. The van der Waals surface area contributed by atoms with Gasteiger partial charge in [0.25, 0.3) is 5.91 Å². The maximum Gasteiger partial charge on any atom is 0.292 e. The monoisotopic (exact) mass is 1240 g/mol. The van der Waals surface area contributed by atoms with Gasteiger partial charge in [0.05, 0.1) is 37.4 Å². The number of halogens is 8. The Kier molecular flexibility index (Phi) is 28.5. The Hall–Kier alpha value is -3.87. The Labute approximate surface area is 501 Å². The molecular weight excluding hydrogens is 1160 g/mol. The Bertz CT molecular complexity index is 2540. The summed E-state index contributed by atoms with van der Waals surface area (Å²) in [5.41, 5.74) is 7.43. The second kappa shape index (κ2) is 30.8. The van der Waals surface area contributed by atoms with Crippen molar-refractivity contribution in [3.8, 4) is 0 Å². The number of aldehydes is 1. The van der Waals surface area contributed by atoms with E-state index in [0.717, 1.165) is 17.7 Å². The lowest BCUT2D eigenvalue weighted by Crippen LogP contribution is -2.79. The number of amides is 4. The van der Waals surface area contributed by atoms with Gasteiger partial charge in [-0.15, -0.1) is 0 Å². The predicted molar refractivity (Wildman–Crippen MR) is 328 cm³/mol. The normalized spacial score (nSPS) is 18.1. The van der Waals surface area contributed by atoms with E-state index in [2.05, 4.69) is 95.5 Å². The first-order valence-corrected chi connectivity index (χ1v) is 27.5. The molecule has 14 nitrogen and oxygen atoms in total. The van der Waals surface area contributed by atoms with E-state index in [0.29, 0.717) is 51.6 Å². The Morgan fingerprint density at radius 2 is 0.846 bits per heavy atom. The quantitative estimate of drug-likeness (QED) is 0.0566. The summed E-state index contributed by atoms with van der Waals surface area (Å²) < 4.78 is 0. The van der Waals surface area contributed by atoms with Crippen molar-refractivity contribution in [3.05, 3.63) is 120 Å². The number of hydrogen-bond donors (Lipinski definition) is 6. The third-order valence-corrected chi connectivity index (χ3v) is 12.3. The second-order valence-electron chi connectivity index (χ2n) is 22.6. The van der Waals surface area contributed by atoms with E-state index in [1.165, 1.54) is 0 Å². The minimum atomic E-state index is -0.562. The molecule has 2 saturated heterocycles. The van der Waals surface area contributed by atoms with E-state index in [9.17, 15) is 24.0 Å². The van der Waals surface area contributed by atoms with Crippen molar-refractivity contribution in [1.29, 1.82) is 0 Å². The number of rotatable bonds is 8. The zero-order chi connectivity index (χ0) is 59.3. The van der Waals surface area contributed by atoms with Gasteiger partial charge in [0, 0.05) is 75.3 Å². The average molecular weight is 1240 g/mol. The lowest BCUT2D eigenvalue weighted by molar-refractivity contribution is -0.480. The smallest absolute Gasteiger partial charge is 0.292 e. The van der Waals surface area contributed by atoms with Crippen LogP contribution in [0.2, 0.25) is 40.2 Å². The fourth-order valence-corrected chi connectivity index (χ4v) is 8.91. The van der Waals surface area contributed by atoms with Crippen molar-refractivity contribution >= 4 is 152 Å². The summed E-state index contributed by atoms with van der Waals surface area (Å²) >= 11 is 47.4. The SMILES string of the molecule is C[C@@H](N)C(=O)Nc1cc(Cl)cc(Cl)c1.C[C@@H]([NH+]=CC(C)(C)C)C(=O)Nc1cc(Cl)cc(Cl)c1.C[C@H]1N[C@@H](C(C)(C)C)N(c2cc(Cl)cc(Cl)c2)C1=O.C[C@H]1N[C@H](C(C)(C)C)N(c2cc(Cl)cc(Cl)c2)C1=O.O.[CH2+]C(C)(C)C=O. The van der Waals surface area contributed by atoms with Crippen LogP contribution in [0.25, 0.3) is 0 Å². The summed E-state index contributed by atoms with van der Waals surface area (Å²) in [6.07, 6.45) is 2.57. The summed E-state index contributed by atoms with van der Waals surface area (Å²) in [6.45, 7) is 32.9. The molecule has 0 saturated carbocycles. The van der Waals surface area contributed by atoms with Gasteiger partial charge >= 0.3 is 0 Å². The van der Waals surface area contributed by atoms with Crippen LogP contribution in [0.5, 0.6) is 0 Å². The van der Waals surface area contributed by atoms with Crippen molar-refractivity contribution in [2.75, 3.05) is 20.4 Å². The van der Waals surface area contributed by atoms with Gasteiger partial charge in [0.15, 0.2) is 11.7 Å². The number of nitrogens with one attached hydrogen (secondary N) is 5. The molecule has 0 unspecified atom stereocenters. The molecule has 0 aromatic heterocycles. The molecule has 6 rings (SSSR count). The van der Waals surface area contributed by atoms with Gasteiger partial charge in [-0.2, -0.15) is 0 Å². The minimum Gasteiger partial charge on any atom is -0.412 e. The molecule has 6 atom stereocenters. The Morgan fingerprint density at radius 1 is 0.577 bits per heavy atom. The molecule has 2 aliphatic heterocycles. The van der Waals surface area contributed by atoms with E-state index in [-0.39, 0.29) is 81.2 Å². The molecule has 2 fully saturated rings. The third-order valence-electron chi connectivity index (χ3n) is 10.6. The summed E-state index contributed by atoms with van der Waals surface area (Å²) in [4.78, 5) is 64.2. The lowest BCUT2D eigenvalue weighted by atomic mass is 9.91. The maximum absolute atomic E-state index is 12.4. The zero-order valence-electron chi connectivity index (χ0n) is 46.8. The minimum absolute atomic E-state index is 0. The standard InChI is InChI=1S/3C14H18Cl2N2O.C9H10Cl2N2O.C5H9O.H2O/c2*1-8-12(19)18(13(17-8)14(2,3)4)11-6-9(15)5-10(16)7-11;1-9(17-8-14(2,3)4)13(19)18-12-6-10(15)5-11(16)7-12;1-5(12)9(14)13-8-3-6(10)2-7(11)4-8;1-5(2,3)4-6;/h2*5-8,13,17H,1-4H3;5-9H,1-4H3,(H,18,19);2-5H,12H2,1H3,(H,13,14);4H,1H2,2-3H3;1H2/q;;;;+1;/p+1/t8-,13+;8-,13-;9-;5-;;/m1111../s1. The molecule has 78 heavy (non-hydrogen) atoms. The fourth-order valence-electron chi connectivity index (χ4n) is 6.83. The highest BCUT2D eigenvalue weighted by Crippen LogP contribution is 2.36. The molecule has 4 aromatic carbocycles. The molecule has 2 aliphatic rings. The lowest BCUT2D eigenvalue weighted by Gasteiger charge is -2.34. The van der Waals surface area contributed by atoms with Crippen molar-refractivity contribution in [3.63, 3.8) is 0 Å². The van der Waals surface area contributed by atoms with Crippen LogP contribution >= 0.6 is 92.8 Å². The molecule has 0 spiro atoms. The molecule has 0 radical (unpaired) electrons. The van der Waals surface area contributed by atoms with E-state index < -0.39 is 6.04 Å². The van der Waals surface area contributed by atoms with Crippen molar-refractivity contribution in [2.24, 2.45) is 27.4 Å². The van der Waals surface area contributed by atoms with Crippen molar-refractivity contribution in [1.82, 2.24) is 10.6 Å². The van der Waals surface area contributed by atoms with E-state index >= 15 is 0 Å². The summed E-state index contributed by atoms with van der Waals surface area (Å²) in [5.74, 6) is -0.335. The largest absolute Gasteiger partial charge is 0.412 e. The van der Waals surface area contributed by atoms with Gasteiger partial charge in [-0.1, -0.05) is 155 Å². The van der Waals surface area contributed by atoms with Crippen LogP contribution in [0.1, 0.15) is 104 Å². The van der Waals surface area contributed by atoms with Crippen LogP contribution in [0.3, 0.4) is 0 Å². The number of hydrogen-bond acceptors (Lipinski definition) is 8. The molecule has 9 N–H and O–H groups in total. The van der Waals surface area contributed by atoms with Crippen molar-refractivity contribution < 1.29 is 34.4 Å². The maximum atomic E-state index is 12.4. The highest BCUT2D eigenvalue weighted by molar-refractivity contribution is 6.37. The van der Waals surface area contributed by atoms with Gasteiger partial charge in [0.2, 0.25) is 23.8 Å². The van der Waals surface area contributed by atoms with Gasteiger partial charge < -0.3 is 21.8 Å². The van der Waals surface area contributed by atoms with Crippen LogP contribution in [0, 0.1) is 28.6 Å².